The van der Waals surface area contributed by atoms with E-state index in [0.717, 1.165) is 6.20 Å². The lowest BCUT2D eigenvalue weighted by Gasteiger charge is -2.10. The second-order valence-electron chi connectivity index (χ2n) is 4.67. The first-order valence-corrected chi connectivity index (χ1v) is 6.59. The standard InChI is InChI=1S/C16H12N2O5/c1-9(19)22-13-4-3-11-7-16(23-10(2)20)14(6-12(11)5-13)15(21)8-18-17/h3-8H,1-2H3/p+1/b15-8-. The summed E-state index contributed by atoms with van der Waals surface area (Å²) in [6.07, 6.45) is 0.810. The third kappa shape index (κ3) is 3.83. The minimum atomic E-state index is -0.559. The highest BCUT2D eigenvalue weighted by Gasteiger charge is 2.15. The van der Waals surface area contributed by atoms with Crippen molar-refractivity contribution in [2.45, 2.75) is 13.8 Å². The normalized spacial score (nSPS) is 10.9. The number of ether oxygens (including phenoxy) is 2. The fraction of sp³-hybridized carbons (Fsp3) is 0.125. The molecule has 23 heavy (non-hydrogen) atoms. The van der Waals surface area contributed by atoms with Gasteiger partial charge in [-0.3, -0.25) is 9.59 Å². The Bertz CT molecular complexity index is 865. The van der Waals surface area contributed by atoms with Gasteiger partial charge in [0.05, 0.1) is 5.56 Å². The Labute approximate surface area is 131 Å². The first-order chi connectivity index (χ1) is 10.9. The van der Waals surface area contributed by atoms with E-state index in [1.54, 1.807) is 24.3 Å². The SMILES string of the molecule is CC(=O)Oc1ccc2cc(OC(C)=O)c(/C(O)=C/[N+]#N)cc2c1. The summed E-state index contributed by atoms with van der Waals surface area (Å²) in [6, 6.07) is 7.95. The molecule has 0 unspecified atom stereocenters. The van der Waals surface area contributed by atoms with Gasteiger partial charge in [0, 0.05) is 13.8 Å². The molecule has 7 nitrogen and oxygen atoms in total. The number of carbonyl (C=O) groups excluding carboxylic acids is 2. The van der Waals surface area contributed by atoms with Gasteiger partial charge in [-0.15, -0.1) is 0 Å². The molecule has 0 aliphatic rings. The predicted octanol–water partition coefficient (Wildman–Crippen LogP) is 3.40. The lowest BCUT2D eigenvalue weighted by Crippen LogP contribution is -2.04. The van der Waals surface area contributed by atoms with E-state index in [1.165, 1.54) is 19.9 Å². The van der Waals surface area contributed by atoms with Gasteiger partial charge in [0.15, 0.2) is 4.98 Å². The summed E-state index contributed by atoms with van der Waals surface area (Å²) in [5, 5.41) is 19.8. The van der Waals surface area contributed by atoms with Crippen LogP contribution in [0.3, 0.4) is 0 Å². The van der Waals surface area contributed by atoms with Gasteiger partial charge in [-0.05, 0) is 35.0 Å². The molecule has 2 aromatic carbocycles. The van der Waals surface area contributed by atoms with E-state index in [1.807, 2.05) is 0 Å². The molecule has 0 saturated carbocycles. The fourth-order valence-electron chi connectivity index (χ4n) is 2.05. The summed E-state index contributed by atoms with van der Waals surface area (Å²) < 4.78 is 10.1. The lowest BCUT2D eigenvalue weighted by molar-refractivity contribution is -0.132. The molecule has 0 aliphatic carbocycles. The highest BCUT2D eigenvalue weighted by molar-refractivity contribution is 5.90. The minimum Gasteiger partial charge on any atom is -0.501 e. The minimum absolute atomic E-state index is 0.114. The van der Waals surface area contributed by atoms with Gasteiger partial charge < -0.3 is 14.6 Å². The number of hydrogen-bond donors (Lipinski definition) is 1. The average molecular weight is 313 g/mol. The van der Waals surface area contributed by atoms with Crippen molar-refractivity contribution >= 4 is 28.5 Å². The van der Waals surface area contributed by atoms with Gasteiger partial charge in [0.2, 0.25) is 11.2 Å². The summed E-state index contributed by atoms with van der Waals surface area (Å²) in [5.74, 6) is -0.948. The number of diazo groups is 1. The molecule has 1 N–H and O–H groups in total. The molecular weight excluding hydrogens is 300 g/mol. The Morgan fingerprint density at radius 2 is 1.78 bits per heavy atom. The van der Waals surface area contributed by atoms with Crippen LogP contribution in [0.25, 0.3) is 21.5 Å². The van der Waals surface area contributed by atoms with Crippen LogP contribution in [-0.2, 0) is 9.59 Å². The number of nitrogens with zero attached hydrogens (tertiary/aromatic N) is 2. The van der Waals surface area contributed by atoms with Crippen molar-refractivity contribution < 1.29 is 24.2 Å². The number of rotatable bonds is 3. The summed E-state index contributed by atoms with van der Waals surface area (Å²) >= 11 is 0. The summed E-state index contributed by atoms with van der Waals surface area (Å²) in [6.45, 7) is 2.52. The lowest BCUT2D eigenvalue weighted by atomic mass is 10.0. The van der Waals surface area contributed by atoms with Crippen molar-refractivity contribution in [3.63, 3.8) is 0 Å². The topological polar surface area (TPSA) is 101 Å². The van der Waals surface area contributed by atoms with E-state index in [2.05, 4.69) is 4.98 Å². The highest BCUT2D eigenvalue weighted by atomic mass is 16.5. The van der Waals surface area contributed by atoms with Crippen LogP contribution in [0, 0.1) is 5.39 Å². The molecule has 116 valence electrons. The number of carbonyl (C=O) groups is 2. The molecule has 2 aromatic rings. The van der Waals surface area contributed by atoms with Crippen LogP contribution >= 0.6 is 0 Å². The smallest absolute Gasteiger partial charge is 0.392 e. The molecule has 7 heteroatoms. The van der Waals surface area contributed by atoms with Crippen LogP contribution in [0.15, 0.2) is 36.5 Å². The number of aliphatic hydroxyl groups excluding tert-OH is 1. The third-order valence-corrected chi connectivity index (χ3v) is 2.88. The number of fused-ring (bicyclic) bond motifs is 1. The van der Waals surface area contributed by atoms with Crippen LogP contribution in [0.2, 0.25) is 0 Å². The number of esters is 2. The van der Waals surface area contributed by atoms with E-state index >= 15 is 0 Å². The zero-order valence-corrected chi connectivity index (χ0v) is 12.4. The van der Waals surface area contributed by atoms with Crippen molar-refractivity contribution in [1.29, 1.82) is 5.39 Å². The van der Waals surface area contributed by atoms with Gasteiger partial charge in [-0.1, -0.05) is 6.07 Å². The predicted molar refractivity (Wildman–Crippen MR) is 82.3 cm³/mol. The van der Waals surface area contributed by atoms with Crippen LogP contribution in [0.1, 0.15) is 19.4 Å². The molecule has 0 radical (unpaired) electrons. The maximum atomic E-state index is 11.2. The molecule has 0 fully saturated rings. The largest absolute Gasteiger partial charge is 0.501 e. The van der Waals surface area contributed by atoms with Crippen molar-refractivity contribution in [2.24, 2.45) is 0 Å². The van der Waals surface area contributed by atoms with Gasteiger partial charge in [0.25, 0.3) is 0 Å². The van der Waals surface area contributed by atoms with Crippen molar-refractivity contribution in [3.8, 4) is 11.5 Å². The van der Waals surface area contributed by atoms with Crippen molar-refractivity contribution in [2.75, 3.05) is 0 Å². The van der Waals surface area contributed by atoms with Crippen LogP contribution < -0.4 is 9.47 Å². The van der Waals surface area contributed by atoms with E-state index in [-0.39, 0.29) is 17.1 Å². The fourth-order valence-corrected chi connectivity index (χ4v) is 2.05. The van der Waals surface area contributed by atoms with E-state index in [0.29, 0.717) is 16.5 Å². The molecule has 0 aliphatic heterocycles. The molecule has 0 saturated heterocycles. The molecule has 2 rings (SSSR count). The van der Waals surface area contributed by atoms with E-state index in [4.69, 9.17) is 14.9 Å². The van der Waals surface area contributed by atoms with Gasteiger partial charge in [0.1, 0.15) is 11.5 Å². The molecule has 0 atom stereocenters. The summed E-state index contributed by atoms with van der Waals surface area (Å²) in [4.78, 5) is 25.0. The zero-order chi connectivity index (χ0) is 17.0. The second-order valence-corrected chi connectivity index (χ2v) is 4.67. The third-order valence-electron chi connectivity index (χ3n) is 2.88. The van der Waals surface area contributed by atoms with Crippen LogP contribution in [-0.4, -0.2) is 17.0 Å². The molecule has 0 aromatic heterocycles. The Balaban J connectivity index is 2.63. The zero-order valence-electron chi connectivity index (χ0n) is 12.4. The Morgan fingerprint density at radius 1 is 1.09 bits per heavy atom. The first-order valence-electron chi connectivity index (χ1n) is 6.59. The summed E-state index contributed by atoms with van der Waals surface area (Å²) in [7, 11) is 0. The maximum absolute atomic E-state index is 11.2. The highest BCUT2D eigenvalue weighted by Crippen LogP contribution is 2.32. The molecule has 0 amide bonds. The van der Waals surface area contributed by atoms with Crippen molar-refractivity contribution in [3.05, 3.63) is 47.1 Å². The Morgan fingerprint density at radius 3 is 2.39 bits per heavy atom. The van der Waals surface area contributed by atoms with Gasteiger partial charge >= 0.3 is 18.1 Å². The average Bonchev–Trinajstić information content (AvgIpc) is 2.45. The molecule has 0 bridgehead atoms. The Kier molecular flexibility index (Phi) is 4.57. The Hall–Kier alpha value is -3.40. The molecule has 0 heterocycles. The van der Waals surface area contributed by atoms with E-state index < -0.39 is 11.9 Å². The van der Waals surface area contributed by atoms with E-state index in [9.17, 15) is 14.7 Å². The van der Waals surface area contributed by atoms with Crippen LogP contribution in [0.4, 0.5) is 0 Å². The number of hydrogen-bond acceptors (Lipinski definition) is 6. The second kappa shape index (κ2) is 6.58. The first kappa shape index (κ1) is 16.0. The van der Waals surface area contributed by atoms with Crippen molar-refractivity contribution in [1.82, 2.24) is 0 Å². The number of benzene rings is 2. The molecular formula is C16H13N2O5+. The van der Waals surface area contributed by atoms with Gasteiger partial charge in [-0.2, -0.15) is 0 Å². The monoisotopic (exact) mass is 313 g/mol. The number of aliphatic hydroxyl groups is 1. The quantitative estimate of drug-likeness (QED) is 0.403. The van der Waals surface area contributed by atoms with Gasteiger partial charge in [-0.25, -0.2) is 0 Å². The van der Waals surface area contributed by atoms with Crippen LogP contribution in [0.5, 0.6) is 11.5 Å². The summed E-state index contributed by atoms with van der Waals surface area (Å²) in [5.41, 5.74) is 0.158. The maximum Gasteiger partial charge on any atom is 0.392 e. The molecule has 0 spiro atoms.